The molecular formula is C17H22N4O2. The van der Waals surface area contributed by atoms with Crippen LogP contribution in [0.25, 0.3) is 0 Å². The van der Waals surface area contributed by atoms with Gasteiger partial charge in [0.15, 0.2) is 5.69 Å². The van der Waals surface area contributed by atoms with E-state index in [4.69, 9.17) is 4.74 Å². The fourth-order valence-corrected chi connectivity index (χ4v) is 2.55. The van der Waals surface area contributed by atoms with Crippen LogP contribution >= 0.6 is 0 Å². The number of aromatic amines is 1. The molecule has 0 spiro atoms. The lowest BCUT2D eigenvalue weighted by Crippen LogP contribution is -2.25. The Kier molecular flexibility index (Phi) is 4.73. The summed E-state index contributed by atoms with van der Waals surface area (Å²) in [5.74, 6) is -0.183. The Morgan fingerprint density at radius 2 is 2.13 bits per heavy atom. The first-order valence-electron chi connectivity index (χ1n) is 7.92. The normalized spacial score (nSPS) is 13.9. The van der Waals surface area contributed by atoms with E-state index in [1.807, 2.05) is 38.1 Å². The number of aromatic nitrogens is 2. The van der Waals surface area contributed by atoms with Crippen LogP contribution < -0.4 is 10.6 Å². The number of H-pyrrole nitrogens is 1. The maximum atomic E-state index is 12.4. The van der Waals surface area contributed by atoms with E-state index >= 15 is 0 Å². The number of amides is 1. The first-order valence-corrected chi connectivity index (χ1v) is 7.92. The summed E-state index contributed by atoms with van der Waals surface area (Å²) < 4.78 is 5.56. The molecule has 1 aromatic carbocycles. The molecule has 0 bridgehead atoms. The summed E-state index contributed by atoms with van der Waals surface area (Å²) in [5.41, 5.74) is 4.33. The van der Waals surface area contributed by atoms with Crippen molar-refractivity contribution in [1.29, 1.82) is 0 Å². The molecule has 0 unspecified atom stereocenters. The van der Waals surface area contributed by atoms with Crippen molar-refractivity contribution in [3.63, 3.8) is 0 Å². The Morgan fingerprint density at radius 3 is 2.87 bits per heavy atom. The van der Waals surface area contributed by atoms with Gasteiger partial charge in [-0.05, 0) is 31.5 Å². The van der Waals surface area contributed by atoms with Gasteiger partial charge >= 0.3 is 0 Å². The molecule has 0 radical (unpaired) electrons. The Balaban J connectivity index is 1.65. The van der Waals surface area contributed by atoms with Crippen LogP contribution in [0.1, 0.15) is 41.2 Å². The van der Waals surface area contributed by atoms with Crippen molar-refractivity contribution in [1.82, 2.24) is 15.5 Å². The maximum absolute atomic E-state index is 12.4. The number of ether oxygens (including phenoxy) is 1. The Morgan fingerprint density at radius 1 is 1.35 bits per heavy atom. The molecule has 3 N–H and O–H groups in total. The number of hydrogen-bond acceptors (Lipinski definition) is 4. The number of anilines is 1. The molecule has 0 fully saturated rings. The number of carbonyl (C=O) groups is 1. The number of benzene rings is 1. The lowest BCUT2D eigenvalue weighted by Gasteiger charge is -2.13. The quantitative estimate of drug-likeness (QED) is 0.791. The standard InChI is InChI=1S/C17H22N4O2/c1-11(2)23-10-12-3-5-13(6-4-12)19-17(22)16-14-9-18-8-7-15(14)20-21-16/h3-6,11,18H,7-10H2,1-2H3,(H,19,22)(H,20,21). The SMILES string of the molecule is CC(C)OCc1ccc(NC(=O)c2n[nH]c3c2CNCC3)cc1. The minimum atomic E-state index is -0.183. The number of fused-ring (bicyclic) bond motifs is 1. The van der Waals surface area contributed by atoms with Crippen molar-refractivity contribution in [3.8, 4) is 0 Å². The largest absolute Gasteiger partial charge is 0.374 e. The second-order valence-corrected chi connectivity index (χ2v) is 5.97. The molecule has 6 nitrogen and oxygen atoms in total. The van der Waals surface area contributed by atoms with E-state index in [1.165, 1.54) is 0 Å². The zero-order valence-electron chi connectivity index (χ0n) is 13.5. The third-order valence-electron chi connectivity index (χ3n) is 3.82. The fourth-order valence-electron chi connectivity index (χ4n) is 2.55. The van der Waals surface area contributed by atoms with E-state index in [0.29, 0.717) is 18.8 Å². The molecule has 0 atom stereocenters. The fraction of sp³-hybridized carbons (Fsp3) is 0.412. The van der Waals surface area contributed by atoms with Gasteiger partial charge in [-0.25, -0.2) is 0 Å². The minimum Gasteiger partial charge on any atom is -0.374 e. The van der Waals surface area contributed by atoms with Crippen LogP contribution in [0.5, 0.6) is 0 Å². The molecule has 2 aromatic rings. The van der Waals surface area contributed by atoms with Crippen molar-refractivity contribution in [2.75, 3.05) is 11.9 Å². The summed E-state index contributed by atoms with van der Waals surface area (Å²) in [6, 6.07) is 7.68. The van der Waals surface area contributed by atoms with Gasteiger partial charge in [0.05, 0.1) is 12.7 Å². The highest BCUT2D eigenvalue weighted by atomic mass is 16.5. The minimum absolute atomic E-state index is 0.183. The average Bonchev–Trinajstić information content (AvgIpc) is 2.98. The summed E-state index contributed by atoms with van der Waals surface area (Å²) in [6.07, 6.45) is 1.08. The lowest BCUT2D eigenvalue weighted by atomic mass is 10.1. The monoisotopic (exact) mass is 314 g/mol. The molecule has 1 amide bonds. The highest BCUT2D eigenvalue weighted by Crippen LogP contribution is 2.17. The third-order valence-corrected chi connectivity index (χ3v) is 3.82. The van der Waals surface area contributed by atoms with Crippen molar-refractivity contribution in [3.05, 3.63) is 46.8 Å². The molecule has 0 saturated heterocycles. The van der Waals surface area contributed by atoms with Gasteiger partial charge in [0.25, 0.3) is 5.91 Å². The van der Waals surface area contributed by atoms with Crippen LogP contribution in [0.2, 0.25) is 0 Å². The number of carbonyl (C=O) groups excluding carboxylic acids is 1. The van der Waals surface area contributed by atoms with Crippen molar-refractivity contribution < 1.29 is 9.53 Å². The number of hydrogen-bond donors (Lipinski definition) is 3. The molecule has 1 aromatic heterocycles. The van der Waals surface area contributed by atoms with E-state index < -0.39 is 0 Å². The third kappa shape index (κ3) is 3.78. The second-order valence-electron chi connectivity index (χ2n) is 5.97. The van der Waals surface area contributed by atoms with E-state index in [9.17, 15) is 4.79 Å². The van der Waals surface area contributed by atoms with Gasteiger partial charge in [0.2, 0.25) is 0 Å². The van der Waals surface area contributed by atoms with Crippen LogP contribution in [0, 0.1) is 0 Å². The van der Waals surface area contributed by atoms with Gasteiger partial charge < -0.3 is 15.4 Å². The first kappa shape index (κ1) is 15.7. The highest BCUT2D eigenvalue weighted by molar-refractivity contribution is 6.04. The molecule has 0 aliphatic carbocycles. The predicted molar refractivity (Wildman–Crippen MR) is 88.3 cm³/mol. The Labute approximate surface area is 135 Å². The lowest BCUT2D eigenvalue weighted by molar-refractivity contribution is 0.0657. The molecule has 0 saturated carbocycles. The Hall–Kier alpha value is -2.18. The van der Waals surface area contributed by atoms with E-state index in [2.05, 4.69) is 20.8 Å². The van der Waals surface area contributed by atoms with E-state index in [0.717, 1.165) is 35.5 Å². The summed E-state index contributed by atoms with van der Waals surface area (Å²) in [6.45, 7) is 6.18. The topological polar surface area (TPSA) is 79.0 Å². The van der Waals surface area contributed by atoms with Crippen molar-refractivity contribution >= 4 is 11.6 Å². The summed E-state index contributed by atoms with van der Waals surface area (Å²) in [5, 5.41) is 13.3. The van der Waals surface area contributed by atoms with Gasteiger partial charge in [-0.15, -0.1) is 0 Å². The molecule has 3 rings (SSSR count). The van der Waals surface area contributed by atoms with Crippen molar-refractivity contribution in [2.45, 2.75) is 39.5 Å². The van der Waals surface area contributed by atoms with Crippen LogP contribution in [0.15, 0.2) is 24.3 Å². The van der Waals surface area contributed by atoms with E-state index in [1.54, 1.807) is 0 Å². The molecule has 122 valence electrons. The van der Waals surface area contributed by atoms with Crippen molar-refractivity contribution in [2.24, 2.45) is 0 Å². The zero-order chi connectivity index (χ0) is 16.2. The van der Waals surface area contributed by atoms with Crippen LogP contribution in [0.4, 0.5) is 5.69 Å². The maximum Gasteiger partial charge on any atom is 0.276 e. The molecular weight excluding hydrogens is 292 g/mol. The van der Waals surface area contributed by atoms with Crippen LogP contribution in [-0.4, -0.2) is 28.8 Å². The average molecular weight is 314 g/mol. The molecule has 1 aliphatic rings. The smallest absolute Gasteiger partial charge is 0.276 e. The first-order chi connectivity index (χ1) is 11.1. The summed E-state index contributed by atoms with van der Waals surface area (Å²) in [4.78, 5) is 12.4. The number of rotatable bonds is 5. The van der Waals surface area contributed by atoms with Gasteiger partial charge in [-0.1, -0.05) is 12.1 Å². The van der Waals surface area contributed by atoms with E-state index in [-0.39, 0.29) is 12.0 Å². The molecule has 6 heteroatoms. The van der Waals surface area contributed by atoms with Gasteiger partial charge in [-0.3, -0.25) is 9.89 Å². The van der Waals surface area contributed by atoms with Gasteiger partial charge in [0, 0.05) is 36.5 Å². The number of nitrogens with zero attached hydrogens (tertiary/aromatic N) is 1. The molecule has 1 aliphatic heterocycles. The molecule has 2 heterocycles. The van der Waals surface area contributed by atoms with Gasteiger partial charge in [-0.2, -0.15) is 5.10 Å². The number of nitrogens with one attached hydrogen (secondary N) is 3. The van der Waals surface area contributed by atoms with Crippen LogP contribution in [-0.2, 0) is 24.3 Å². The van der Waals surface area contributed by atoms with Crippen LogP contribution in [0.3, 0.4) is 0 Å². The highest BCUT2D eigenvalue weighted by Gasteiger charge is 2.21. The summed E-state index contributed by atoms with van der Waals surface area (Å²) in [7, 11) is 0. The predicted octanol–water partition coefficient (Wildman–Crippen LogP) is 2.23. The van der Waals surface area contributed by atoms with Gasteiger partial charge in [0.1, 0.15) is 0 Å². The summed E-state index contributed by atoms with van der Waals surface area (Å²) >= 11 is 0. The zero-order valence-corrected chi connectivity index (χ0v) is 13.5. The second kappa shape index (κ2) is 6.93. The molecule has 23 heavy (non-hydrogen) atoms. The Bertz CT molecular complexity index is 676.